The lowest BCUT2D eigenvalue weighted by Gasteiger charge is -1.91. The fourth-order valence-corrected chi connectivity index (χ4v) is 1.55. The third kappa shape index (κ3) is 1.60. The SMILES string of the molecule is ONC=Nc1c(-c2ncno2)oc2cccnc12. The molecule has 0 saturated heterocycles. The third-order valence-corrected chi connectivity index (χ3v) is 2.23. The van der Waals surface area contributed by atoms with Crippen LogP contribution in [0.4, 0.5) is 5.69 Å². The van der Waals surface area contributed by atoms with Gasteiger partial charge in [0.25, 0.3) is 5.89 Å². The normalized spacial score (nSPS) is 11.4. The Bertz CT molecular complexity index is 689. The first-order valence-electron chi connectivity index (χ1n) is 4.97. The van der Waals surface area contributed by atoms with Crippen LogP contribution in [0.3, 0.4) is 0 Å². The lowest BCUT2D eigenvalue weighted by Crippen LogP contribution is -2.00. The van der Waals surface area contributed by atoms with Crippen LogP contribution in [0.25, 0.3) is 22.8 Å². The Balaban J connectivity index is 2.26. The molecule has 0 unspecified atom stereocenters. The predicted molar refractivity (Wildman–Crippen MR) is 60.4 cm³/mol. The monoisotopic (exact) mass is 245 g/mol. The molecule has 0 atom stereocenters. The minimum atomic E-state index is 0.193. The Morgan fingerprint density at radius 3 is 3.11 bits per heavy atom. The Morgan fingerprint density at radius 2 is 2.33 bits per heavy atom. The maximum absolute atomic E-state index is 8.56. The Kier molecular flexibility index (Phi) is 2.47. The van der Waals surface area contributed by atoms with Crippen LogP contribution in [0.1, 0.15) is 0 Å². The van der Waals surface area contributed by atoms with Crippen LogP contribution in [0.5, 0.6) is 0 Å². The maximum Gasteiger partial charge on any atom is 0.295 e. The first kappa shape index (κ1) is 10.4. The number of furan rings is 1. The van der Waals surface area contributed by atoms with Gasteiger partial charge in [-0.25, -0.2) is 4.99 Å². The average molecular weight is 245 g/mol. The Labute approximate surface area is 99.9 Å². The van der Waals surface area contributed by atoms with Gasteiger partial charge in [0.2, 0.25) is 5.76 Å². The van der Waals surface area contributed by atoms with Crippen LogP contribution in [-0.2, 0) is 0 Å². The molecule has 3 rings (SSSR count). The second-order valence-electron chi connectivity index (χ2n) is 3.26. The topological polar surface area (TPSA) is 110 Å². The van der Waals surface area contributed by atoms with E-state index in [1.54, 1.807) is 18.3 Å². The van der Waals surface area contributed by atoms with E-state index in [1.807, 2.05) is 5.48 Å². The lowest BCUT2D eigenvalue weighted by atomic mass is 10.3. The maximum atomic E-state index is 8.56. The van der Waals surface area contributed by atoms with Gasteiger partial charge in [0.1, 0.15) is 17.5 Å². The summed E-state index contributed by atoms with van der Waals surface area (Å²) in [4.78, 5) is 12.1. The molecule has 3 aromatic heterocycles. The number of rotatable bonds is 3. The van der Waals surface area contributed by atoms with E-state index in [1.165, 1.54) is 6.33 Å². The van der Waals surface area contributed by atoms with Crippen molar-refractivity contribution in [3.63, 3.8) is 0 Å². The van der Waals surface area contributed by atoms with Gasteiger partial charge in [-0.1, -0.05) is 5.16 Å². The number of fused-ring (bicyclic) bond motifs is 1. The van der Waals surface area contributed by atoms with Gasteiger partial charge in [-0.05, 0) is 12.1 Å². The van der Waals surface area contributed by atoms with Gasteiger partial charge in [0.05, 0.1) is 0 Å². The van der Waals surface area contributed by atoms with Crippen molar-refractivity contribution in [1.82, 2.24) is 20.6 Å². The van der Waals surface area contributed by atoms with Crippen LogP contribution in [0.2, 0.25) is 0 Å². The number of aliphatic imine (C=N–C) groups is 1. The summed E-state index contributed by atoms with van der Waals surface area (Å²) in [6.45, 7) is 0. The van der Waals surface area contributed by atoms with Crippen LogP contribution in [0.15, 0.2) is 38.6 Å². The van der Waals surface area contributed by atoms with Gasteiger partial charge in [-0.3, -0.25) is 15.7 Å². The highest BCUT2D eigenvalue weighted by molar-refractivity contribution is 5.94. The molecule has 18 heavy (non-hydrogen) atoms. The fraction of sp³-hybridized carbons (Fsp3) is 0. The van der Waals surface area contributed by atoms with Gasteiger partial charge < -0.3 is 8.94 Å². The van der Waals surface area contributed by atoms with Gasteiger partial charge in [-0.15, -0.1) is 0 Å². The lowest BCUT2D eigenvalue weighted by molar-refractivity contribution is 0.240. The minimum Gasteiger partial charge on any atom is -0.447 e. The number of nitrogens with one attached hydrogen (secondary N) is 1. The molecule has 0 radical (unpaired) electrons. The summed E-state index contributed by atoms with van der Waals surface area (Å²) >= 11 is 0. The van der Waals surface area contributed by atoms with E-state index in [9.17, 15) is 0 Å². The van der Waals surface area contributed by atoms with Crippen LogP contribution >= 0.6 is 0 Å². The van der Waals surface area contributed by atoms with Crippen LogP contribution in [0, 0.1) is 0 Å². The molecule has 0 aromatic carbocycles. The fourth-order valence-electron chi connectivity index (χ4n) is 1.55. The quantitative estimate of drug-likeness (QED) is 0.409. The summed E-state index contributed by atoms with van der Waals surface area (Å²) in [5.41, 5.74) is 3.29. The largest absolute Gasteiger partial charge is 0.447 e. The predicted octanol–water partition coefficient (Wildman–Crippen LogP) is 1.52. The first-order chi connectivity index (χ1) is 8.90. The molecule has 8 nitrogen and oxygen atoms in total. The van der Waals surface area contributed by atoms with E-state index >= 15 is 0 Å². The van der Waals surface area contributed by atoms with Gasteiger partial charge >= 0.3 is 0 Å². The highest BCUT2D eigenvalue weighted by Gasteiger charge is 2.19. The Hall–Kier alpha value is -2.74. The third-order valence-electron chi connectivity index (χ3n) is 2.23. The molecule has 0 fully saturated rings. The molecular formula is C10H7N5O3. The summed E-state index contributed by atoms with van der Waals surface area (Å²) in [6.07, 6.45) is 3.97. The smallest absolute Gasteiger partial charge is 0.295 e. The summed E-state index contributed by atoms with van der Waals surface area (Å²) < 4.78 is 10.5. The van der Waals surface area contributed by atoms with Crippen molar-refractivity contribution in [3.05, 3.63) is 24.7 Å². The molecule has 0 aliphatic heterocycles. The Morgan fingerprint density at radius 1 is 1.39 bits per heavy atom. The number of hydrogen-bond acceptors (Lipinski definition) is 7. The molecule has 2 N–H and O–H groups in total. The molecule has 3 heterocycles. The molecule has 0 bridgehead atoms. The van der Waals surface area contributed by atoms with E-state index in [0.717, 1.165) is 6.34 Å². The average Bonchev–Trinajstić information content (AvgIpc) is 3.03. The number of pyridine rings is 1. The summed E-state index contributed by atoms with van der Waals surface area (Å²) in [5, 5.41) is 12.1. The van der Waals surface area contributed by atoms with E-state index in [4.69, 9.17) is 14.1 Å². The summed E-state index contributed by atoms with van der Waals surface area (Å²) in [7, 11) is 0. The summed E-state index contributed by atoms with van der Waals surface area (Å²) in [5.74, 6) is 0.491. The van der Waals surface area contributed by atoms with E-state index in [-0.39, 0.29) is 5.89 Å². The molecule has 0 saturated carbocycles. The second kappa shape index (κ2) is 4.26. The summed E-state index contributed by atoms with van der Waals surface area (Å²) in [6, 6.07) is 3.48. The number of nitrogens with zero attached hydrogens (tertiary/aromatic N) is 4. The van der Waals surface area contributed by atoms with E-state index in [0.29, 0.717) is 22.5 Å². The first-order valence-corrected chi connectivity index (χ1v) is 4.97. The molecule has 0 spiro atoms. The molecule has 0 aliphatic carbocycles. The number of hydrogen-bond donors (Lipinski definition) is 2. The highest BCUT2D eigenvalue weighted by atomic mass is 16.5. The zero-order valence-electron chi connectivity index (χ0n) is 8.94. The van der Waals surface area contributed by atoms with Crippen LogP contribution in [-0.4, -0.2) is 26.7 Å². The molecule has 8 heteroatoms. The minimum absolute atomic E-state index is 0.193. The van der Waals surface area contributed by atoms with Crippen molar-refractivity contribution in [2.75, 3.05) is 0 Å². The van der Waals surface area contributed by atoms with Crippen molar-refractivity contribution in [2.45, 2.75) is 0 Å². The second-order valence-corrected chi connectivity index (χ2v) is 3.26. The van der Waals surface area contributed by atoms with Crippen molar-refractivity contribution < 1.29 is 14.1 Å². The van der Waals surface area contributed by atoms with E-state index < -0.39 is 0 Å². The van der Waals surface area contributed by atoms with Crippen molar-refractivity contribution in [2.24, 2.45) is 4.99 Å². The number of aromatic nitrogens is 3. The zero-order chi connectivity index (χ0) is 12.4. The molecule has 3 aromatic rings. The van der Waals surface area contributed by atoms with Crippen molar-refractivity contribution in [1.29, 1.82) is 0 Å². The van der Waals surface area contributed by atoms with Crippen LogP contribution < -0.4 is 5.48 Å². The van der Waals surface area contributed by atoms with Gasteiger partial charge in [0, 0.05) is 6.20 Å². The van der Waals surface area contributed by atoms with Crippen molar-refractivity contribution in [3.8, 4) is 11.7 Å². The number of hydroxylamine groups is 1. The molecule has 0 amide bonds. The van der Waals surface area contributed by atoms with Gasteiger partial charge in [0.15, 0.2) is 11.9 Å². The van der Waals surface area contributed by atoms with Gasteiger partial charge in [-0.2, -0.15) is 4.98 Å². The zero-order valence-corrected chi connectivity index (χ0v) is 8.94. The molecule has 90 valence electrons. The highest BCUT2D eigenvalue weighted by Crippen LogP contribution is 2.37. The molecular weight excluding hydrogens is 238 g/mol. The van der Waals surface area contributed by atoms with Crippen molar-refractivity contribution >= 4 is 23.1 Å². The van der Waals surface area contributed by atoms with E-state index in [2.05, 4.69) is 20.1 Å². The standard InChI is InChI=1S/C10H7N5O3/c16-14-4-12-8-7-6(2-1-3-11-7)17-9(8)10-13-5-15-18-10/h1-5,16H,(H,12,14). The molecule has 0 aliphatic rings.